The van der Waals surface area contributed by atoms with Crippen LogP contribution in [0.5, 0.6) is 0 Å². The van der Waals surface area contributed by atoms with Gasteiger partial charge in [0.05, 0.1) is 0 Å². The van der Waals surface area contributed by atoms with Crippen molar-refractivity contribution in [1.82, 2.24) is 0 Å². The van der Waals surface area contributed by atoms with E-state index in [1.807, 2.05) is 6.08 Å². The van der Waals surface area contributed by atoms with Crippen molar-refractivity contribution in [2.75, 3.05) is 13.2 Å². The lowest BCUT2D eigenvalue weighted by Gasteiger charge is -2.18. The summed E-state index contributed by atoms with van der Waals surface area (Å²) in [6.07, 6.45) is 73.7. The van der Waals surface area contributed by atoms with E-state index < -0.39 is 6.10 Å². The fraction of sp³-hybridized carbons (Fsp3) is 0.656. The summed E-state index contributed by atoms with van der Waals surface area (Å²) >= 11 is 0. The van der Waals surface area contributed by atoms with Gasteiger partial charge in [-0.25, -0.2) is 0 Å². The maximum atomic E-state index is 12.8. The van der Waals surface area contributed by atoms with Gasteiger partial charge in [0.2, 0.25) is 0 Å². The molecule has 6 nitrogen and oxygen atoms in total. The Labute approximate surface area is 412 Å². The Morgan fingerprint density at radius 2 is 0.567 bits per heavy atom. The molecule has 0 rings (SSSR count). The molecule has 0 bridgehead atoms. The molecule has 0 saturated carbocycles. The Morgan fingerprint density at radius 1 is 0.299 bits per heavy atom. The van der Waals surface area contributed by atoms with Crippen LogP contribution in [0.3, 0.4) is 0 Å². The predicted molar refractivity (Wildman–Crippen MR) is 288 cm³/mol. The van der Waals surface area contributed by atoms with E-state index in [-0.39, 0.29) is 44.0 Å². The number of carbonyl (C=O) groups is 3. The first-order chi connectivity index (χ1) is 33.0. The van der Waals surface area contributed by atoms with E-state index >= 15 is 0 Å². The second kappa shape index (κ2) is 54.7. The van der Waals surface area contributed by atoms with Crippen LogP contribution in [-0.4, -0.2) is 37.2 Å². The summed E-state index contributed by atoms with van der Waals surface area (Å²) in [5, 5.41) is 0. The van der Waals surface area contributed by atoms with E-state index in [1.165, 1.54) is 103 Å². The molecule has 0 heterocycles. The van der Waals surface area contributed by atoms with Gasteiger partial charge in [0.1, 0.15) is 13.2 Å². The molecule has 0 aliphatic rings. The Morgan fingerprint density at radius 3 is 1.00 bits per heavy atom. The van der Waals surface area contributed by atoms with Gasteiger partial charge < -0.3 is 14.2 Å². The van der Waals surface area contributed by atoms with E-state index in [9.17, 15) is 14.4 Å². The van der Waals surface area contributed by atoms with Gasteiger partial charge in [-0.2, -0.15) is 0 Å². The van der Waals surface area contributed by atoms with E-state index in [4.69, 9.17) is 14.2 Å². The fourth-order valence-electron chi connectivity index (χ4n) is 7.07. The van der Waals surface area contributed by atoms with E-state index in [0.717, 1.165) is 83.5 Å². The lowest BCUT2D eigenvalue weighted by molar-refractivity contribution is -0.166. The van der Waals surface area contributed by atoms with Crippen LogP contribution < -0.4 is 0 Å². The minimum atomic E-state index is -0.833. The summed E-state index contributed by atoms with van der Waals surface area (Å²) < 4.78 is 16.7. The minimum absolute atomic E-state index is 0.122. The summed E-state index contributed by atoms with van der Waals surface area (Å²) in [5.74, 6) is -1.06. The minimum Gasteiger partial charge on any atom is -0.462 e. The molecule has 0 radical (unpaired) electrons. The van der Waals surface area contributed by atoms with Crippen molar-refractivity contribution in [2.45, 2.75) is 245 Å². The smallest absolute Gasteiger partial charge is 0.306 e. The van der Waals surface area contributed by atoms with Crippen LogP contribution in [-0.2, 0) is 28.6 Å². The molecule has 0 aromatic heterocycles. The summed E-state index contributed by atoms with van der Waals surface area (Å²) in [7, 11) is 0. The number of esters is 3. The van der Waals surface area contributed by atoms with E-state index in [1.54, 1.807) is 0 Å². The third-order valence-corrected chi connectivity index (χ3v) is 11.2. The molecular formula is C61H100O6. The maximum absolute atomic E-state index is 12.8. The highest BCUT2D eigenvalue weighted by Gasteiger charge is 2.19. The SMILES string of the molecule is CCCCC/C=C\C/C=C\C/C=C\C/C=C\C/C=C\CCC(=O)OC[C@H](COC(=O)CCCCCCC/C=C\CCCCCCCC)OC(=O)CCCC/C=C\C/C=C\C/C=C\CCCCC. The molecule has 0 unspecified atom stereocenters. The molecule has 0 amide bonds. The second-order valence-corrected chi connectivity index (χ2v) is 17.8. The molecule has 380 valence electrons. The lowest BCUT2D eigenvalue weighted by Crippen LogP contribution is -2.30. The van der Waals surface area contributed by atoms with Gasteiger partial charge in [0.25, 0.3) is 0 Å². The van der Waals surface area contributed by atoms with Crippen molar-refractivity contribution in [3.05, 3.63) is 109 Å². The van der Waals surface area contributed by atoms with Gasteiger partial charge in [0.15, 0.2) is 6.10 Å². The lowest BCUT2D eigenvalue weighted by atomic mass is 10.1. The van der Waals surface area contributed by atoms with Crippen molar-refractivity contribution in [3.8, 4) is 0 Å². The van der Waals surface area contributed by atoms with Gasteiger partial charge in [-0.05, 0) is 122 Å². The zero-order valence-corrected chi connectivity index (χ0v) is 43.4. The van der Waals surface area contributed by atoms with Gasteiger partial charge in [0, 0.05) is 19.3 Å². The summed E-state index contributed by atoms with van der Waals surface area (Å²) in [4.78, 5) is 38.0. The number of hydrogen-bond acceptors (Lipinski definition) is 6. The van der Waals surface area contributed by atoms with Crippen LogP contribution in [0.15, 0.2) is 109 Å². The summed E-state index contributed by atoms with van der Waals surface area (Å²) in [6.45, 7) is 6.46. The molecule has 0 aromatic rings. The standard InChI is InChI=1S/C61H100O6/c1-4-7-10-13-16-19-22-25-28-29-30-31-34-36-39-42-45-48-51-54-60(63)66-57-58(67-61(64)55-52-49-46-43-40-37-33-27-24-21-18-15-12-9-6-3)56-65-59(62)53-50-47-44-41-38-35-32-26-23-20-17-14-11-8-5-2/h16,18-19,21,25-28,30-33,36,39-40,43,45,48,58H,4-15,17,20,22-24,29,34-35,37-38,41-42,44,46-47,49-57H2,1-3H3/b19-16-,21-18-,28-25-,31-30-,32-26-,33-27-,39-36-,43-40-,48-45-/t58-/m0/s1. The number of hydrogen-bond donors (Lipinski definition) is 0. The highest BCUT2D eigenvalue weighted by molar-refractivity contribution is 5.71. The molecule has 0 aliphatic heterocycles. The third kappa shape index (κ3) is 52.9. The topological polar surface area (TPSA) is 78.9 Å². The van der Waals surface area contributed by atoms with Gasteiger partial charge >= 0.3 is 17.9 Å². The van der Waals surface area contributed by atoms with Crippen LogP contribution in [0.4, 0.5) is 0 Å². The van der Waals surface area contributed by atoms with Crippen LogP contribution in [0, 0.1) is 0 Å². The number of unbranched alkanes of at least 4 members (excludes halogenated alkanes) is 19. The molecular weight excluding hydrogens is 829 g/mol. The molecule has 0 N–H and O–H groups in total. The normalized spacial score (nSPS) is 12.9. The van der Waals surface area contributed by atoms with Crippen molar-refractivity contribution < 1.29 is 28.6 Å². The van der Waals surface area contributed by atoms with Gasteiger partial charge in [-0.15, -0.1) is 0 Å². The summed E-state index contributed by atoms with van der Waals surface area (Å²) in [6, 6.07) is 0. The van der Waals surface area contributed by atoms with Crippen LogP contribution in [0.2, 0.25) is 0 Å². The zero-order valence-electron chi connectivity index (χ0n) is 43.4. The maximum Gasteiger partial charge on any atom is 0.306 e. The third-order valence-electron chi connectivity index (χ3n) is 11.2. The van der Waals surface area contributed by atoms with Crippen molar-refractivity contribution >= 4 is 17.9 Å². The first kappa shape index (κ1) is 63.1. The molecule has 1 atom stereocenters. The molecule has 67 heavy (non-hydrogen) atoms. The second-order valence-electron chi connectivity index (χ2n) is 17.8. The molecule has 6 heteroatoms. The van der Waals surface area contributed by atoms with Crippen molar-refractivity contribution in [3.63, 3.8) is 0 Å². The zero-order chi connectivity index (χ0) is 48.6. The van der Waals surface area contributed by atoms with Crippen LogP contribution in [0.1, 0.15) is 239 Å². The molecule has 0 spiro atoms. The van der Waals surface area contributed by atoms with E-state index in [2.05, 4.69) is 124 Å². The Balaban J connectivity index is 4.58. The quantitative estimate of drug-likeness (QED) is 0.0262. The molecule has 0 aliphatic carbocycles. The predicted octanol–water partition coefficient (Wildman–Crippen LogP) is 18.3. The number of rotatable bonds is 48. The first-order valence-corrected chi connectivity index (χ1v) is 27.4. The molecule has 0 saturated heterocycles. The van der Waals surface area contributed by atoms with Gasteiger partial charge in [-0.3, -0.25) is 14.4 Å². The average molecular weight is 929 g/mol. The Kier molecular flexibility index (Phi) is 51.5. The monoisotopic (exact) mass is 929 g/mol. The number of carbonyl (C=O) groups excluding carboxylic acids is 3. The van der Waals surface area contributed by atoms with Crippen LogP contribution in [0.25, 0.3) is 0 Å². The number of allylic oxidation sites excluding steroid dienone is 18. The molecule has 0 fully saturated rings. The molecule has 0 aromatic carbocycles. The fourth-order valence-corrected chi connectivity index (χ4v) is 7.07. The average Bonchev–Trinajstić information content (AvgIpc) is 3.33. The van der Waals surface area contributed by atoms with E-state index in [0.29, 0.717) is 19.3 Å². The van der Waals surface area contributed by atoms with Crippen molar-refractivity contribution in [1.29, 1.82) is 0 Å². The largest absolute Gasteiger partial charge is 0.462 e. The highest BCUT2D eigenvalue weighted by atomic mass is 16.6. The number of ether oxygens (including phenoxy) is 3. The first-order valence-electron chi connectivity index (χ1n) is 27.4. The Bertz CT molecular complexity index is 1390. The highest BCUT2D eigenvalue weighted by Crippen LogP contribution is 2.12. The Hall–Kier alpha value is -3.93. The van der Waals surface area contributed by atoms with Crippen LogP contribution >= 0.6 is 0 Å². The van der Waals surface area contributed by atoms with Crippen molar-refractivity contribution in [2.24, 2.45) is 0 Å². The van der Waals surface area contributed by atoms with Gasteiger partial charge in [-0.1, -0.05) is 207 Å². The summed E-state index contributed by atoms with van der Waals surface area (Å²) in [5.41, 5.74) is 0.